The molecule has 4 heterocycles. The molecule has 2 aromatic rings. The third kappa shape index (κ3) is 4.04. The number of cyclic esters (lactones) is 1. The zero-order valence-corrected chi connectivity index (χ0v) is 14.8. The summed E-state index contributed by atoms with van der Waals surface area (Å²) >= 11 is 0. The van der Waals surface area contributed by atoms with Crippen molar-refractivity contribution in [1.82, 2.24) is 29.9 Å². The van der Waals surface area contributed by atoms with Crippen molar-refractivity contribution < 1.29 is 18.8 Å². The van der Waals surface area contributed by atoms with Crippen molar-refractivity contribution in [1.29, 1.82) is 0 Å². The number of carbonyl (C=O) groups is 2. The molecule has 27 heavy (non-hydrogen) atoms. The van der Waals surface area contributed by atoms with Gasteiger partial charge in [-0.15, -0.1) is 0 Å². The molecule has 0 saturated carbocycles. The first-order chi connectivity index (χ1) is 13.2. The van der Waals surface area contributed by atoms with Crippen LogP contribution in [0.3, 0.4) is 0 Å². The Labute approximate surface area is 155 Å². The van der Waals surface area contributed by atoms with E-state index in [-0.39, 0.29) is 18.4 Å². The molecule has 0 unspecified atom stereocenters. The number of piperidine rings is 1. The Bertz CT molecular complexity index is 811. The molecule has 0 bridgehead atoms. The van der Waals surface area contributed by atoms with Crippen LogP contribution in [0.4, 0.5) is 4.79 Å². The number of aromatic nitrogens is 4. The average molecular weight is 372 g/mol. The SMILES string of the molecule is O=C(CN1CCOC1=O)N1CCC[C@H](Cc2nc(-c3cnccn3)no2)C1. The molecule has 0 N–H and O–H groups in total. The van der Waals surface area contributed by atoms with Crippen LogP contribution in [0.15, 0.2) is 23.1 Å². The van der Waals surface area contributed by atoms with Crippen molar-refractivity contribution in [2.45, 2.75) is 19.3 Å². The van der Waals surface area contributed by atoms with Gasteiger partial charge >= 0.3 is 6.09 Å². The Morgan fingerprint density at radius 2 is 2.22 bits per heavy atom. The van der Waals surface area contributed by atoms with E-state index < -0.39 is 6.09 Å². The molecule has 2 aromatic heterocycles. The molecule has 2 aliphatic rings. The first kappa shape index (κ1) is 17.4. The molecule has 0 aliphatic carbocycles. The number of nitrogens with zero attached hydrogens (tertiary/aromatic N) is 6. The van der Waals surface area contributed by atoms with Crippen LogP contribution in [-0.2, 0) is 16.0 Å². The molecule has 0 radical (unpaired) electrons. The van der Waals surface area contributed by atoms with Gasteiger partial charge in [0.05, 0.1) is 12.7 Å². The van der Waals surface area contributed by atoms with Gasteiger partial charge < -0.3 is 14.2 Å². The highest BCUT2D eigenvalue weighted by Gasteiger charge is 2.30. The van der Waals surface area contributed by atoms with Crippen LogP contribution in [0.5, 0.6) is 0 Å². The smallest absolute Gasteiger partial charge is 0.410 e. The molecule has 2 saturated heterocycles. The van der Waals surface area contributed by atoms with Crippen LogP contribution in [0.1, 0.15) is 18.7 Å². The van der Waals surface area contributed by atoms with Gasteiger partial charge in [0.1, 0.15) is 18.8 Å². The molecule has 2 amide bonds. The maximum atomic E-state index is 12.5. The summed E-state index contributed by atoms with van der Waals surface area (Å²) < 4.78 is 10.2. The van der Waals surface area contributed by atoms with Crippen molar-refractivity contribution in [3.8, 4) is 11.5 Å². The summed E-state index contributed by atoms with van der Waals surface area (Å²) in [7, 11) is 0. The predicted octanol–water partition coefficient (Wildman–Crippen LogP) is 0.760. The summed E-state index contributed by atoms with van der Waals surface area (Å²) in [6.07, 6.45) is 6.82. The van der Waals surface area contributed by atoms with Gasteiger partial charge in [-0.25, -0.2) is 9.78 Å². The summed E-state index contributed by atoms with van der Waals surface area (Å²) in [6.45, 7) is 2.20. The van der Waals surface area contributed by atoms with E-state index in [9.17, 15) is 9.59 Å². The molecular formula is C17H20N6O4. The van der Waals surface area contributed by atoms with Crippen molar-refractivity contribution in [2.24, 2.45) is 5.92 Å². The average Bonchev–Trinajstić information content (AvgIpc) is 3.32. The highest BCUT2D eigenvalue weighted by atomic mass is 16.6. The Morgan fingerprint density at radius 1 is 1.30 bits per heavy atom. The third-order valence-corrected chi connectivity index (χ3v) is 4.77. The van der Waals surface area contributed by atoms with Gasteiger partial charge in [-0.1, -0.05) is 5.16 Å². The number of ether oxygens (including phenoxy) is 1. The lowest BCUT2D eigenvalue weighted by Crippen LogP contribution is -2.45. The lowest BCUT2D eigenvalue weighted by Gasteiger charge is -2.33. The normalized spacial score (nSPS) is 20.0. The van der Waals surface area contributed by atoms with Crippen LogP contribution >= 0.6 is 0 Å². The van der Waals surface area contributed by atoms with E-state index in [0.717, 1.165) is 12.8 Å². The van der Waals surface area contributed by atoms with E-state index in [2.05, 4.69) is 20.1 Å². The first-order valence-electron chi connectivity index (χ1n) is 8.97. The quantitative estimate of drug-likeness (QED) is 0.755. The van der Waals surface area contributed by atoms with Gasteiger partial charge in [-0.3, -0.25) is 14.7 Å². The fraction of sp³-hybridized carbons (Fsp3) is 0.529. The molecule has 142 valence electrons. The van der Waals surface area contributed by atoms with Crippen molar-refractivity contribution >= 4 is 12.0 Å². The van der Waals surface area contributed by atoms with Crippen LogP contribution in [0, 0.1) is 5.92 Å². The van der Waals surface area contributed by atoms with E-state index in [1.165, 1.54) is 4.90 Å². The molecular weight excluding hydrogens is 352 g/mol. The Hall–Kier alpha value is -3.04. The topological polar surface area (TPSA) is 115 Å². The minimum atomic E-state index is -0.417. The molecule has 0 spiro atoms. The van der Waals surface area contributed by atoms with E-state index >= 15 is 0 Å². The Morgan fingerprint density at radius 3 is 3.00 bits per heavy atom. The lowest BCUT2D eigenvalue weighted by atomic mass is 9.94. The number of carbonyl (C=O) groups excluding carboxylic acids is 2. The molecule has 1 atom stereocenters. The lowest BCUT2D eigenvalue weighted by molar-refractivity contribution is -0.133. The number of amides is 2. The molecule has 4 rings (SSSR count). The molecule has 0 aromatic carbocycles. The first-order valence-corrected chi connectivity index (χ1v) is 8.97. The molecule has 10 heteroatoms. The Kier molecular flexibility index (Phi) is 4.95. The summed E-state index contributed by atoms with van der Waals surface area (Å²) in [5.41, 5.74) is 0.561. The highest BCUT2D eigenvalue weighted by Crippen LogP contribution is 2.22. The molecule has 2 fully saturated rings. The van der Waals surface area contributed by atoms with Gasteiger partial charge in [0.25, 0.3) is 0 Å². The zero-order chi connectivity index (χ0) is 18.6. The number of likely N-dealkylation sites (tertiary alicyclic amines) is 1. The van der Waals surface area contributed by atoms with E-state index in [0.29, 0.717) is 50.1 Å². The number of hydrogen-bond donors (Lipinski definition) is 0. The predicted molar refractivity (Wildman–Crippen MR) is 91.3 cm³/mol. The van der Waals surface area contributed by atoms with Gasteiger partial charge in [0, 0.05) is 31.9 Å². The second-order valence-corrected chi connectivity index (χ2v) is 6.69. The highest BCUT2D eigenvalue weighted by molar-refractivity contribution is 5.83. The van der Waals surface area contributed by atoms with E-state index in [1.807, 2.05) is 0 Å². The monoisotopic (exact) mass is 372 g/mol. The Balaban J connectivity index is 1.34. The summed E-state index contributed by atoms with van der Waals surface area (Å²) in [4.78, 5) is 39.8. The second-order valence-electron chi connectivity index (χ2n) is 6.69. The summed E-state index contributed by atoms with van der Waals surface area (Å²) in [6, 6.07) is 0. The van der Waals surface area contributed by atoms with Gasteiger partial charge in [0.2, 0.25) is 17.6 Å². The van der Waals surface area contributed by atoms with Crippen molar-refractivity contribution in [3.05, 3.63) is 24.5 Å². The maximum Gasteiger partial charge on any atom is 0.410 e. The minimum Gasteiger partial charge on any atom is -0.448 e. The number of rotatable bonds is 5. The van der Waals surface area contributed by atoms with Crippen LogP contribution in [-0.4, -0.2) is 74.7 Å². The van der Waals surface area contributed by atoms with Gasteiger partial charge in [-0.05, 0) is 18.8 Å². The van der Waals surface area contributed by atoms with Crippen LogP contribution < -0.4 is 0 Å². The van der Waals surface area contributed by atoms with E-state index in [1.54, 1.807) is 23.5 Å². The number of hydrogen-bond acceptors (Lipinski definition) is 8. The van der Waals surface area contributed by atoms with Gasteiger partial charge in [0.15, 0.2) is 0 Å². The molecule has 10 nitrogen and oxygen atoms in total. The largest absolute Gasteiger partial charge is 0.448 e. The molecule has 2 aliphatic heterocycles. The summed E-state index contributed by atoms with van der Waals surface area (Å²) in [5.74, 6) is 1.13. The van der Waals surface area contributed by atoms with Crippen LogP contribution in [0.2, 0.25) is 0 Å². The standard InChI is InChI=1S/C17H20N6O4/c24-15(11-23-6-7-26-17(23)25)22-5-1-2-12(10-22)8-14-20-16(21-27-14)13-9-18-3-4-19-13/h3-4,9,12H,1-2,5-8,10-11H2/t12-/m1/s1. The maximum absolute atomic E-state index is 12.5. The van der Waals surface area contributed by atoms with Gasteiger partial charge in [-0.2, -0.15) is 4.98 Å². The third-order valence-electron chi connectivity index (χ3n) is 4.77. The fourth-order valence-electron chi connectivity index (χ4n) is 3.39. The van der Waals surface area contributed by atoms with Crippen molar-refractivity contribution in [3.63, 3.8) is 0 Å². The van der Waals surface area contributed by atoms with E-state index in [4.69, 9.17) is 9.26 Å². The van der Waals surface area contributed by atoms with Crippen LogP contribution in [0.25, 0.3) is 11.5 Å². The zero-order valence-electron chi connectivity index (χ0n) is 14.8. The minimum absolute atomic E-state index is 0.0515. The summed E-state index contributed by atoms with van der Waals surface area (Å²) in [5, 5.41) is 3.96. The fourth-order valence-corrected chi connectivity index (χ4v) is 3.39. The second kappa shape index (κ2) is 7.68. The van der Waals surface area contributed by atoms with Crippen molar-refractivity contribution in [2.75, 3.05) is 32.8 Å².